The van der Waals surface area contributed by atoms with Crippen molar-refractivity contribution < 1.29 is 13.9 Å². The number of piperazine rings is 1. The fraction of sp³-hybridized carbons (Fsp3) is 0.286. The molecule has 0 radical (unpaired) electrons. The van der Waals surface area contributed by atoms with Gasteiger partial charge in [0.05, 0.1) is 13.4 Å². The molecule has 8 nitrogen and oxygen atoms in total. The molecule has 150 valence electrons. The second-order valence-electron chi connectivity index (χ2n) is 6.80. The number of benzene rings is 1. The van der Waals surface area contributed by atoms with Crippen LogP contribution >= 0.6 is 0 Å². The highest BCUT2D eigenvalue weighted by atomic mass is 16.5. The van der Waals surface area contributed by atoms with Gasteiger partial charge in [0.25, 0.3) is 5.91 Å². The van der Waals surface area contributed by atoms with Crippen LogP contribution in [0.15, 0.2) is 53.1 Å². The number of aryl methyl sites for hydroxylation is 1. The van der Waals surface area contributed by atoms with Crippen molar-refractivity contribution in [3.05, 3.63) is 60.2 Å². The topological polar surface area (TPSA) is 83.7 Å². The Balaban J connectivity index is 1.44. The van der Waals surface area contributed by atoms with Gasteiger partial charge >= 0.3 is 0 Å². The number of nitrogens with one attached hydrogen (secondary N) is 1. The summed E-state index contributed by atoms with van der Waals surface area (Å²) in [5.41, 5.74) is 1.73. The van der Waals surface area contributed by atoms with Crippen molar-refractivity contribution in [3.63, 3.8) is 0 Å². The monoisotopic (exact) mass is 393 g/mol. The van der Waals surface area contributed by atoms with Crippen LogP contribution in [0.2, 0.25) is 0 Å². The number of nitrogens with zero attached hydrogens (tertiary/aromatic N) is 4. The molecule has 0 atom stereocenters. The molecular formula is C21H23N5O3. The van der Waals surface area contributed by atoms with Gasteiger partial charge in [0, 0.05) is 49.7 Å². The van der Waals surface area contributed by atoms with Crippen LogP contribution in [-0.4, -0.2) is 54.1 Å². The summed E-state index contributed by atoms with van der Waals surface area (Å²) in [7, 11) is 1.64. The van der Waals surface area contributed by atoms with E-state index in [-0.39, 0.29) is 5.91 Å². The zero-order chi connectivity index (χ0) is 20.2. The van der Waals surface area contributed by atoms with Crippen molar-refractivity contribution in [2.45, 2.75) is 6.92 Å². The molecule has 29 heavy (non-hydrogen) atoms. The maximum absolute atomic E-state index is 12.4. The van der Waals surface area contributed by atoms with Gasteiger partial charge in [0.15, 0.2) is 5.76 Å². The summed E-state index contributed by atoms with van der Waals surface area (Å²) < 4.78 is 10.5. The number of furan rings is 1. The Kier molecular flexibility index (Phi) is 5.33. The lowest BCUT2D eigenvalue weighted by atomic mass is 10.2. The molecule has 0 spiro atoms. The second kappa shape index (κ2) is 8.22. The Morgan fingerprint density at radius 3 is 2.66 bits per heavy atom. The molecule has 1 saturated heterocycles. The predicted molar refractivity (Wildman–Crippen MR) is 110 cm³/mol. The molecule has 3 heterocycles. The maximum atomic E-state index is 12.4. The van der Waals surface area contributed by atoms with E-state index < -0.39 is 0 Å². The summed E-state index contributed by atoms with van der Waals surface area (Å²) in [5.74, 6) is 2.44. The molecule has 0 bridgehead atoms. The first kappa shape index (κ1) is 18.8. The van der Waals surface area contributed by atoms with E-state index in [1.54, 1.807) is 24.1 Å². The number of rotatable bonds is 5. The average molecular weight is 393 g/mol. The first-order chi connectivity index (χ1) is 14.1. The summed E-state index contributed by atoms with van der Waals surface area (Å²) in [4.78, 5) is 25.6. The Bertz CT molecular complexity index is 982. The lowest BCUT2D eigenvalue weighted by molar-refractivity contribution is 0.0714. The average Bonchev–Trinajstić information content (AvgIpc) is 3.28. The van der Waals surface area contributed by atoms with Gasteiger partial charge < -0.3 is 24.3 Å². The van der Waals surface area contributed by atoms with E-state index in [2.05, 4.69) is 20.2 Å². The van der Waals surface area contributed by atoms with Crippen LogP contribution in [0, 0.1) is 6.92 Å². The van der Waals surface area contributed by atoms with Gasteiger partial charge in [-0.15, -0.1) is 0 Å². The van der Waals surface area contributed by atoms with Crippen molar-refractivity contribution in [1.29, 1.82) is 0 Å². The lowest BCUT2D eigenvalue weighted by Crippen LogP contribution is -2.49. The molecule has 1 aliphatic rings. The number of hydrogen-bond donors (Lipinski definition) is 1. The van der Waals surface area contributed by atoms with E-state index in [0.29, 0.717) is 37.9 Å². The number of carbonyl (C=O) groups is 1. The van der Waals surface area contributed by atoms with Gasteiger partial charge in [0.1, 0.15) is 11.6 Å². The van der Waals surface area contributed by atoms with Gasteiger partial charge in [-0.05, 0) is 31.2 Å². The first-order valence-corrected chi connectivity index (χ1v) is 9.47. The minimum absolute atomic E-state index is 0.0751. The molecule has 3 aromatic rings. The van der Waals surface area contributed by atoms with Crippen molar-refractivity contribution in [1.82, 2.24) is 14.9 Å². The third-order valence-electron chi connectivity index (χ3n) is 4.79. The molecule has 1 aromatic carbocycles. The number of aromatic nitrogens is 2. The molecule has 1 amide bonds. The molecule has 0 aliphatic carbocycles. The number of carbonyl (C=O) groups excluding carboxylic acids is 1. The highest BCUT2D eigenvalue weighted by Gasteiger charge is 2.24. The predicted octanol–water partition coefficient (Wildman–Crippen LogP) is 3.09. The summed E-state index contributed by atoms with van der Waals surface area (Å²) in [6, 6.07) is 13.0. The minimum Gasteiger partial charge on any atom is -0.497 e. The largest absolute Gasteiger partial charge is 0.497 e. The van der Waals surface area contributed by atoms with E-state index in [9.17, 15) is 4.79 Å². The van der Waals surface area contributed by atoms with E-state index >= 15 is 0 Å². The second-order valence-corrected chi connectivity index (χ2v) is 6.80. The Morgan fingerprint density at radius 1 is 1.10 bits per heavy atom. The summed E-state index contributed by atoms with van der Waals surface area (Å²) in [6.07, 6.45) is 1.52. The van der Waals surface area contributed by atoms with Gasteiger partial charge in [-0.2, -0.15) is 4.98 Å². The SMILES string of the molecule is COc1cccc(Nc2nc(C)cc(N3CCN(C(=O)c4ccco4)CC3)n2)c1. The third kappa shape index (κ3) is 4.31. The summed E-state index contributed by atoms with van der Waals surface area (Å²) in [5, 5.41) is 3.24. The molecule has 0 unspecified atom stereocenters. The summed E-state index contributed by atoms with van der Waals surface area (Å²) >= 11 is 0. The Hall–Kier alpha value is -3.55. The van der Waals surface area contributed by atoms with Crippen LogP contribution in [-0.2, 0) is 0 Å². The van der Waals surface area contributed by atoms with Crippen molar-refractivity contribution in [2.24, 2.45) is 0 Å². The highest BCUT2D eigenvalue weighted by Crippen LogP contribution is 2.22. The van der Waals surface area contributed by atoms with E-state index in [4.69, 9.17) is 9.15 Å². The normalized spacial score (nSPS) is 14.0. The highest BCUT2D eigenvalue weighted by molar-refractivity contribution is 5.91. The summed E-state index contributed by atoms with van der Waals surface area (Å²) in [6.45, 7) is 4.56. The van der Waals surface area contributed by atoms with E-state index in [1.165, 1.54) is 6.26 Å². The Labute approximate surface area is 169 Å². The van der Waals surface area contributed by atoms with Gasteiger partial charge in [-0.25, -0.2) is 4.98 Å². The van der Waals surface area contributed by atoms with Crippen molar-refractivity contribution >= 4 is 23.4 Å². The molecule has 1 fully saturated rings. The zero-order valence-electron chi connectivity index (χ0n) is 16.5. The molecule has 0 saturated carbocycles. The zero-order valence-corrected chi connectivity index (χ0v) is 16.5. The molecule has 1 N–H and O–H groups in total. The first-order valence-electron chi connectivity index (χ1n) is 9.47. The van der Waals surface area contributed by atoms with Crippen molar-refractivity contribution in [2.75, 3.05) is 43.5 Å². The molecule has 8 heteroatoms. The van der Waals surface area contributed by atoms with Gasteiger partial charge in [-0.3, -0.25) is 4.79 Å². The molecule has 2 aromatic heterocycles. The number of amides is 1. The van der Waals surface area contributed by atoms with Crippen LogP contribution in [0.5, 0.6) is 5.75 Å². The van der Waals surface area contributed by atoms with Crippen LogP contribution in [0.3, 0.4) is 0 Å². The molecule has 4 rings (SSSR count). The minimum atomic E-state index is -0.0751. The number of methoxy groups -OCH3 is 1. The fourth-order valence-electron chi connectivity index (χ4n) is 3.29. The van der Waals surface area contributed by atoms with Gasteiger partial charge in [-0.1, -0.05) is 6.07 Å². The Morgan fingerprint density at radius 2 is 1.93 bits per heavy atom. The fourth-order valence-corrected chi connectivity index (χ4v) is 3.29. The van der Waals surface area contributed by atoms with Crippen LogP contribution in [0.25, 0.3) is 0 Å². The number of anilines is 3. The van der Waals surface area contributed by atoms with E-state index in [1.807, 2.05) is 37.3 Å². The third-order valence-corrected chi connectivity index (χ3v) is 4.79. The molecule has 1 aliphatic heterocycles. The maximum Gasteiger partial charge on any atom is 0.289 e. The lowest BCUT2D eigenvalue weighted by Gasteiger charge is -2.35. The smallest absolute Gasteiger partial charge is 0.289 e. The quantitative estimate of drug-likeness (QED) is 0.713. The van der Waals surface area contributed by atoms with Crippen LogP contribution < -0.4 is 15.0 Å². The van der Waals surface area contributed by atoms with Crippen molar-refractivity contribution in [3.8, 4) is 5.75 Å². The van der Waals surface area contributed by atoms with Crippen LogP contribution in [0.1, 0.15) is 16.2 Å². The number of hydrogen-bond acceptors (Lipinski definition) is 7. The van der Waals surface area contributed by atoms with Gasteiger partial charge in [0.2, 0.25) is 5.95 Å². The molecular weight excluding hydrogens is 370 g/mol. The van der Waals surface area contributed by atoms with E-state index in [0.717, 1.165) is 22.9 Å². The van der Waals surface area contributed by atoms with Crippen LogP contribution in [0.4, 0.5) is 17.5 Å². The number of ether oxygens (including phenoxy) is 1. The standard InChI is InChI=1S/C21H23N5O3/c1-15-13-19(24-21(22-15)23-16-5-3-6-17(14-16)28-2)25-8-10-26(11-9-25)20(27)18-7-4-12-29-18/h3-7,12-14H,8-11H2,1-2H3,(H,22,23,24).